The number of aryl methyl sites for hydroxylation is 1. The van der Waals surface area contributed by atoms with Crippen LogP contribution in [0.15, 0.2) is 88.5 Å². The van der Waals surface area contributed by atoms with Crippen LogP contribution in [-0.4, -0.2) is 33.1 Å². The zero-order valence-corrected chi connectivity index (χ0v) is 18.3. The Bertz CT molecular complexity index is 1260. The third-order valence-corrected chi connectivity index (χ3v) is 6.75. The largest absolute Gasteiger partial charge is 0.497 e. The summed E-state index contributed by atoms with van der Waals surface area (Å²) in [4.78, 5) is 4.70. The average molecular weight is 435 g/mol. The standard InChI is InChI=1S/C24H22N2O4S/c1-17-8-14-21(15-9-17)31(27,28)26(2)24-23(18-10-12-20(29-3)13-11-18)30-22-7-5-4-6-19(22)16-25-24/h4-16H,1-3H3. The van der Waals surface area contributed by atoms with Crippen LogP contribution in [0.5, 0.6) is 11.5 Å². The summed E-state index contributed by atoms with van der Waals surface area (Å²) in [7, 11) is -0.791. The van der Waals surface area contributed by atoms with E-state index in [1.165, 1.54) is 7.05 Å². The van der Waals surface area contributed by atoms with Gasteiger partial charge < -0.3 is 9.47 Å². The molecular formula is C24H22N2O4S. The molecule has 7 heteroatoms. The minimum atomic E-state index is -3.86. The highest BCUT2D eigenvalue weighted by Crippen LogP contribution is 2.33. The number of hydrogen-bond acceptors (Lipinski definition) is 5. The summed E-state index contributed by atoms with van der Waals surface area (Å²) in [6.45, 7) is 1.91. The zero-order valence-electron chi connectivity index (χ0n) is 17.4. The van der Waals surface area contributed by atoms with Gasteiger partial charge in [0.25, 0.3) is 10.0 Å². The van der Waals surface area contributed by atoms with Gasteiger partial charge >= 0.3 is 0 Å². The molecule has 0 aromatic heterocycles. The van der Waals surface area contributed by atoms with Crippen molar-refractivity contribution in [3.05, 3.63) is 95.3 Å². The predicted molar refractivity (Wildman–Crippen MR) is 121 cm³/mol. The van der Waals surface area contributed by atoms with E-state index >= 15 is 0 Å². The lowest BCUT2D eigenvalue weighted by molar-refractivity contribution is 0.414. The van der Waals surface area contributed by atoms with E-state index in [1.54, 1.807) is 49.7 Å². The fourth-order valence-corrected chi connectivity index (χ4v) is 4.32. The Morgan fingerprint density at radius 3 is 2.29 bits per heavy atom. The third-order valence-electron chi connectivity index (χ3n) is 4.99. The second-order valence-corrected chi connectivity index (χ2v) is 9.03. The highest BCUT2D eigenvalue weighted by Gasteiger charge is 2.28. The van der Waals surface area contributed by atoms with E-state index in [1.807, 2.05) is 43.3 Å². The smallest absolute Gasteiger partial charge is 0.265 e. The molecule has 0 spiro atoms. The number of ether oxygens (including phenoxy) is 2. The normalized spacial score (nSPS) is 13.3. The third kappa shape index (κ3) is 4.04. The summed E-state index contributed by atoms with van der Waals surface area (Å²) < 4.78 is 39.3. The SMILES string of the molecule is COc1ccc(C2=C(N(C)S(=O)(=O)c3ccc(C)cc3)N=Cc3ccccc3O2)cc1. The van der Waals surface area contributed by atoms with Crippen molar-refractivity contribution in [1.29, 1.82) is 0 Å². The van der Waals surface area contributed by atoms with E-state index in [2.05, 4.69) is 4.99 Å². The predicted octanol–water partition coefficient (Wildman–Crippen LogP) is 4.46. The van der Waals surface area contributed by atoms with Crippen molar-refractivity contribution < 1.29 is 17.9 Å². The Morgan fingerprint density at radius 2 is 1.61 bits per heavy atom. The van der Waals surface area contributed by atoms with Crippen LogP contribution in [0.3, 0.4) is 0 Å². The van der Waals surface area contributed by atoms with E-state index in [0.717, 1.165) is 15.4 Å². The molecule has 0 atom stereocenters. The Balaban J connectivity index is 1.86. The van der Waals surface area contributed by atoms with Crippen molar-refractivity contribution in [1.82, 2.24) is 4.31 Å². The van der Waals surface area contributed by atoms with Crippen LogP contribution >= 0.6 is 0 Å². The van der Waals surface area contributed by atoms with Gasteiger partial charge in [-0.05, 0) is 55.5 Å². The van der Waals surface area contributed by atoms with Crippen LogP contribution in [0.25, 0.3) is 5.76 Å². The molecule has 0 saturated carbocycles. The highest BCUT2D eigenvalue weighted by atomic mass is 32.2. The lowest BCUT2D eigenvalue weighted by Gasteiger charge is -2.22. The van der Waals surface area contributed by atoms with Gasteiger partial charge in [0.05, 0.1) is 12.0 Å². The highest BCUT2D eigenvalue weighted by molar-refractivity contribution is 7.89. The molecule has 0 aliphatic carbocycles. The van der Waals surface area contributed by atoms with Gasteiger partial charge in [0, 0.05) is 24.4 Å². The molecule has 0 fully saturated rings. The molecule has 3 aromatic carbocycles. The maximum atomic E-state index is 13.3. The summed E-state index contributed by atoms with van der Waals surface area (Å²) in [6.07, 6.45) is 1.61. The fourth-order valence-electron chi connectivity index (χ4n) is 3.16. The van der Waals surface area contributed by atoms with Gasteiger partial charge in [0.2, 0.25) is 0 Å². The van der Waals surface area contributed by atoms with Crippen LogP contribution < -0.4 is 9.47 Å². The Hall–Kier alpha value is -3.58. The van der Waals surface area contributed by atoms with Crippen LogP contribution in [0.2, 0.25) is 0 Å². The molecule has 0 N–H and O–H groups in total. The molecule has 4 rings (SSSR count). The van der Waals surface area contributed by atoms with Gasteiger partial charge in [-0.15, -0.1) is 0 Å². The molecule has 31 heavy (non-hydrogen) atoms. The lowest BCUT2D eigenvalue weighted by Crippen LogP contribution is -2.27. The second-order valence-electron chi connectivity index (χ2n) is 7.06. The molecule has 3 aromatic rings. The lowest BCUT2D eigenvalue weighted by atomic mass is 10.1. The van der Waals surface area contributed by atoms with Gasteiger partial charge in [0.15, 0.2) is 11.6 Å². The fraction of sp³-hybridized carbons (Fsp3) is 0.125. The van der Waals surface area contributed by atoms with Gasteiger partial charge in [-0.2, -0.15) is 0 Å². The molecule has 158 valence electrons. The van der Waals surface area contributed by atoms with E-state index in [0.29, 0.717) is 22.8 Å². The number of benzene rings is 3. The summed E-state index contributed by atoms with van der Waals surface area (Å²) >= 11 is 0. The first-order chi connectivity index (χ1) is 14.9. The maximum absolute atomic E-state index is 13.3. The molecule has 0 radical (unpaired) electrons. The first-order valence-corrected chi connectivity index (χ1v) is 11.1. The Kier molecular flexibility index (Phi) is 5.52. The van der Waals surface area contributed by atoms with E-state index < -0.39 is 10.0 Å². The molecular weight excluding hydrogens is 412 g/mol. The monoisotopic (exact) mass is 434 g/mol. The molecule has 1 aliphatic rings. The number of hydrogen-bond donors (Lipinski definition) is 0. The van der Waals surface area contributed by atoms with Gasteiger partial charge in [-0.25, -0.2) is 17.7 Å². The van der Waals surface area contributed by atoms with Gasteiger partial charge in [-0.1, -0.05) is 29.8 Å². The number of rotatable bonds is 5. The van der Waals surface area contributed by atoms with Crippen LogP contribution in [0, 0.1) is 6.92 Å². The average Bonchev–Trinajstić information content (AvgIpc) is 2.98. The minimum absolute atomic E-state index is 0.180. The minimum Gasteiger partial charge on any atom is -0.497 e. The van der Waals surface area contributed by atoms with Crippen molar-refractivity contribution in [3.63, 3.8) is 0 Å². The number of para-hydroxylation sites is 1. The molecule has 1 aliphatic heterocycles. The zero-order chi connectivity index (χ0) is 22.0. The van der Waals surface area contributed by atoms with Crippen molar-refractivity contribution in [2.75, 3.05) is 14.2 Å². The van der Waals surface area contributed by atoms with E-state index in [-0.39, 0.29) is 10.7 Å². The van der Waals surface area contributed by atoms with Gasteiger partial charge in [-0.3, -0.25) is 0 Å². The van der Waals surface area contributed by atoms with Crippen LogP contribution in [-0.2, 0) is 10.0 Å². The van der Waals surface area contributed by atoms with E-state index in [9.17, 15) is 8.42 Å². The van der Waals surface area contributed by atoms with Crippen molar-refractivity contribution in [2.45, 2.75) is 11.8 Å². The quantitative estimate of drug-likeness (QED) is 0.595. The van der Waals surface area contributed by atoms with Crippen molar-refractivity contribution >= 4 is 22.0 Å². The number of methoxy groups -OCH3 is 1. The summed E-state index contributed by atoms with van der Waals surface area (Å²) in [5, 5.41) is 0. The first kappa shape index (κ1) is 20.7. The molecule has 1 heterocycles. The van der Waals surface area contributed by atoms with Crippen LogP contribution in [0.4, 0.5) is 0 Å². The molecule has 0 saturated heterocycles. The second kappa shape index (κ2) is 8.28. The molecule has 0 bridgehead atoms. The number of fused-ring (bicyclic) bond motifs is 1. The van der Waals surface area contributed by atoms with E-state index in [4.69, 9.17) is 9.47 Å². The Morgan fingerprint density at radius 1 is 0.935 bits per heavy atom. The van der Waals surface area contributed by atoms with Crippen LogP contribution in [0.1, 0.15) is 16.7 Å². The van der Waals surface area contributed by atoms with Gasteiger partial charge in [0.1, 0.15) is 11.5 Å². The topological polar surface area (TPSA) is 68.2 Å². The van der Waals surface area contributed by atoms with Crippen molar-refractivity contribution in [3.8, 4) is 11.5 Å². The number of nitrogens with zero attached hydrogens (tertiary/aromatic N) is 2. The molecule has 6 nitrogen and oxygen atoms in total. The number of aliphatic imine (C=N–C) groups is 1. The summed E-state index contributed by atoms with van der Waals surface area (Å²) in [5.41, 5.74) is 2.41. The Labute approximate surface area is 182 Å². The molecule has 0 unspecified atom stereocenters. The maximum Gasteiger partial charge on any atom is 0.265 e. The molecule has 0 amide bonds. The summed E-state index contributed by atoms with van der Waals surface area (Å²) in [5.74, 6) is 1.79. The first-order valence-electron chi connectivity index (χ1n) is 9.65. The number of sulfonamides is 1. The van der Waals surface area contributed by atoms with Crippen molar-refractivity contribution in [2.24, 2.45) is 4.99 Å². The summed E-state index contributed by atoms with van der Waals surface area (Å²) in [6, 6.07) is 21.3.